The summed E-state index contributed by atoms with van der Waals surface area (Å²) in [6, 6.07) is 9.55. The predicted octanol–water partition coefficient (Wildman–Crippen LogP) is 7.12. The number of amides is 2. The Labute approximate surface area is 274 Å². The Morgan fingerprint density at radius 3 is 2.09 bits per heavy atom. The van der Waals surface area contributed by atoms with Crippen molar-refractivity contribution in [1.29, 1.82) is 0 Å². The maximum atomic E-state index is 13.0. The molecule has 2 N–H and O–H groups in total. The summed E-state index contributed by atoms with van der Waals surface area (Å²) in [5, 5.41) is 13.9. The summed E-state index contributed by atoms with van der Waals surface area (Å²) in [6.45, 7) is 26.8. The third-order valence-corrected chi connectivity index (χ3v) is 12.1. The Morgan fingerprint density at radius 1 is 0.933 bits per heavy atom. The average molecular weight is 654 g/mol. The zero-order valence-corrected chi connectivity index (χ0v) is 31.2. The molecule has 260 valence electrons. The van der Waals surface area contributed by atoms with Crippen molar-refractivity contribution in [3.63, 3.8) is 0 Å². The molecular formula is C34H63N3O7Si. The maximum Gasteiger partial charge on any atom is 0.410 e. The smallest absolute Gasteiger partial charge is 0.410 e. The second-order valence-electron chi connectivity index (χ2n) is 15.1. The van der Waals surface area contributed by atoms with E-state index in [0.29, 0.717) is 45.6 Å². The van der Waals surface area contributed by atoms with Crippen molar-refractivity contribution in [3.05, 3.63) is 35.9 Å². The quantitative estimate of drug-likeness (QED) is 0.104. The molecule has 1 rings (SSSR count). The summed E-state index contributed by atoms with van der Waals surface area (Å²) in [5.41, 5.74) is -0.215. The van der Waals surface area contributed by atoms with Gasteiger partial charge in [-0.2, -0.15) is 0 Å². The number of hydrogen-bond donors (Lipinski definition) is 2. The van der Waals surface area contributed by atoms with Gasteiger partial charge in [0.15, 0.2) is 8.32 Å². The molecule has 0 saturated carbocycles. The molecule has 0 radical (unpaired) electrons. The van der Waals surface area contributed by atoms with Crippen molar-refractivity contribution < 1.29 is 33.3 Å². The molecule has 0 saturated heterocycles. The molecule has 1 aromatic carbocycles. The van der Waals surface area contributed by atoms with E-state index in [1.165, 1.54) is 0 Å². The second-order valence-corrected chi connectivity index (χ2v) is 19.9. The summed E-state index contributed by atoms with van der Waals surface area (Å²) in [4.78, 5) is 28.7. The summed E-state index contributed by atoms with van der Waals surface area (Å²) in [6.07, 6.45) is -0.194. The van der Waals surface area contributed by atoms with Crippen LogP contribution < -0.4 is 5.32 Å². The highest BCUT2D eigenvalue weighted by Crippen LogP contribution is 2.38. The van der Waals surface area contributed by atoms with Crippen LogP contribution in [0.2, 0.25) is 18.1 Å². The molecule has 2 unspecified atom stereocenters. The molecule has 0 bridgehead atoms. The van der Waals surface area contributed by atoms with E-state index in [1.807, 2.05) is 83.7 Å². The second kappa shape index (κ2) is 18.2. The Bertz CT molecular complexity index is 1000. The van der Waals surface area contributed by atoms with Crippen molar-refractivity contribution in [2.45, 2.75) is 137 Å². The lowest BCUT2D eigenvalue weighted by molar-refractivity contribution is -0.239. The van der Waals surface area contributed by atoms with Crippen LogP contribution >= 0.6 is 0 Å². The largest absolute Gasteiger partial charge is 0.445 e. The lowest BCUT2D eigenvalue weighted by Gasteiger charge is -2.41. The summed E-state index contributed by atoms with van der Waals surface area (Å²) < 4.78 is 23.7. The normalized spacial score (nSPS) is 14.2. The van der Waals surface area contributed by atoms with Gasteiger partial charge in [0.1, 0.15) is 12.2 Å². The highest BCUT2D eigenvalue weighted by atomic mass is 28.4. The van der Waals surface area contributed by atoms with E-state index in [2.05, 4.69) is 39.2 Å². The average Bonchev–Trinajstić information content (AvgIpc) is 2.89. The monoisotopic (exact) mass is 653 g/mol. The van der Waals surface area contributed by atoms with Crippen molar-refractivity contribution in [3.8, 4) is 0 Å². The van der Waals surface area contributed by atoms with Gasteiger partial charge < -0.3 is 34.0 Å². The van der Waals surface area contributed by atoms with Crippen molar-refractivity contribution >= 4 is 20.5 Å². The molecule has 0 aliphatic rings. The summed E-state index contributed by atoms with van der Waals surface area (Å²) in [7, 11) is -2.19. The molecule has 2 amide bonds. The third kappa shape index (κ3) is 17.3. The van der Waals surface area contributed by atoms with Gasteiger partial charge in [-0.15, -0.1) is 0 Å². The Morgan fingerprint density at radius 2 is 1.56 bits per heavy atom. The first-order valence-corrected chi connectivity index (χ1v) is 19.2. The number of likely N-dealkylation sites (N-methyl/N-ethyl adjacent to an activating group) is 1. The van der Waals surface area contributed by atoms with E-state index in [1.54, 1.807) is 4.90 Å². The SMILES string of the molecule is CCN(CC(CCN(CCCCNC(=O)OCc1ccccc1)C(O)OC(C)(C)C)O[Si](C)(C)C(C)(C)C)C(=O)OC(C)(C)C. The zero-order valence-electron chi connectivity index (χ0n) is 30.2. The van der Waals surface area contributed by atoms with Gasteiger partial charge in [-0.05, 0) is 91.4 Å². The number of benzene rings is 1. The number of hydrogen-bond acceptors (Lipinski definition) is 8. The van der Waals surface area contributed by atoms with Gasteiger partial charge in [0, 0.05) is 32.7 Å². The standard InChI is InChI=1S/C34H63N3O7Si/c1-13-36(30(39)42-32(2,3)4)25-28(44-45(11,12)34(8,9)10)21-24-37(31(40)43-33(5,6)7)23-18-17-22-35-29(38)41-26-27-19-15-14-16-20-27/h14-16,19-20,28,31,40H,13,17-18,21-26H2,1-12H3,(H,35,38). The van der Waals surface area contributed by atoms with Crippen molar-refractivity contribution in [1.82, 2.24) is 15.1 Å². The minimum atomic E-state index is -2.19. The van der Waals surface area contributed by atoms with Crippen LogP contribution in [0.25, 0.3) is 0 Å². The molecule has 0 aromatic heterocycles. The minimum Gasteiger partial charge on any atom is -0.445 e. The van der Waals surface area contributed by atoms with Crippen LogP contribution in [0.3, 0.4) is 0 Å². The van der Waals surface area contributed by atoms with Gasteiger partial charge in [0.25, 0.3) is 0 Å². The number of aliphatic hydroxyl groups is 1. The van der Waals surface area contributed by atoms with E-state index < -0.39 is 32.0 Å². The predicted molar refractivity (Wildman–Crippen MR) is 182 cm³/mol. The molecule has 11 heteroatoms. The Balaban J connectivity index is 2.90. The molecule has 10 nitrogen and oxygen atoms in total. The van der Waals surface area contributed by atoms with Crippen LogP contribution in [0.15, 0.2) is 30.3 Å². The van der Waals surface area contributed by atoms with E-state index in [9.17, 15) is 14.7 Å². The van der Waals surface area contributed by atoms with Crippen LogP contribution in [0.1, 0.15) is 94.1 Å². The highest BCUT2D eigenvalue weighted by Gasteiger charge is 2.40. The lowest BCUT2D eigenvalue weighted by Crippen LogP contribution is -2.50. The number of nitrogens with one attached hydrogen (secondary N) is 1. The van der Waals surface area contributed by atoms with Crippen molar-refractivity contribution in [2.24, 2.45) is 0 Å². The van der Waals surface area contributed by atoms with Crippen LogP contribution in [0.5, 0.6) is 0 Å². The topological polar surface area (TPSA) is 110 Å². The number of unbranched alkanes of at least 4 members (excludes halogenated alkanes) is 1. The fourth-order valence-electron chi connectivity index (χ4n) is 4.12. The van der Waals surface area contributed by atoms with Gasteiger partial charge in [-0.25, -0.2) is 9.59 Å². The van der Waals surface area contributed by atoms with Crippen LogP contribution in [-0.2, 0) is 25.2 Å². The fourth-order valence-corrected chi connectivity index (χ4v) is 5.50. The number of carbonyl (C=O) groups excluding carboxylic acids is 2. The Kier molecular flexibility index (Phi) is 16.5. The van der Waals surface area contributed by atoms with Gasteiger partial charge in [0.05, 0.1) is 11.7 Å². The van der Waals surface area contributed by atoms with Gasteiger partial charge in [-0.1, -0.05) is 51.1 Å². The lowest BCUT2D eigenvalue weighted by atomic mass is 10.2. The van der Waals surface area contributed by atoms with E-state index in [-0.39, 0.29) is 23.8 Å². The number of aliphatic hydroxyl groups excluding tert-OH is 1. The number of carbonyl (C=O) groups is 2. The third-order valence-electron chi connectivity index (χ3n) is 7.59. The van der Waals surface area contributed by atoms with E-state index in [4.69, 9.17) is 18.6 Å². The maximum absolute atomic E-state index is 13.0. The molecule has 0 heterocycles. The fraction of sp³-hybridized carbons (Fsp3) is 0.765. The molecular weight excluding hydrogens is 590 g/mol. The first-order valence-electron chi connectivity index (χ1n) is 16.3. The molecule has 45 heavy (non-hydrogen) atoms. The number of nitrogens with zero attached hydrogens (tertiary/aromatic N) is 2. The molecule has 1 aromatic rings. The first kappa shape index (κ1) is 40.8. The number of rotatable bonds is 17. The summed E-state index contributed by atoms with van der Waals surface area (Å²) >= 11 is 0. The van der Waals surface area contributed by atoms with Gasteiger partial charge in [0.2, 0.25) is 6.41 Å². The van der Waals surface area contributed by atoms with Crippen molar-refractivity contribution in [2.75, 3.05) is 32.7 Å². The molecule has 0 fully saturated rings. The molecule has 0 aliphatic carbocycles. The van der Waals surface area contributed by atoms with Gasteiger partial charge in [-0.3, -0.25) is 4.90 Å². The van der Waals surface area contributed by atoms with Crippen LogP contribution in [-0.4, -0.2) is 91.9 Å². The highest BCUT2D eigenvalue weighted by molar-refractivity contribution is 6.74. The summed E-state index contributed by atoms with van der Waals surface area (Å²) in [5.74, 6) is 0. The molecule has 0 aliphatic heterocycles. The number of alkyl carbamates (subject to hydrolysis) is 1. The number of ether oxygens (including phenoxy) is 3. The van der Waals surface area contributed by atoms with Crippen LogP contribution in [0.4, 0.5) is 9.59 Å². The zero-order chi connectivity index (χ0) is 34.5. The van der Waals surface area contributed by atoms with E-state index in [0.717, 1.165) is 12.0 Å². The Hall–Kier alpha value is -2.18. The van der Waals surface area contributed by atoms with Crippen LogP contribution in [0, 0.1) is 0 Å². The van der Waals surface area contributed by atoms with Gasteiger partial charge >= 0.3 is 12.2 Å². The molecule has 0 spiro atoms. The first-order chi connectivity index (χ1) is 20.6. The van der Waals surface area contributed by atoms with E-state index >= 15 is 0 Å². The minimum absolute atomic E-state index is 0.0159. The molecule has 2 atom stereocenters.